The number of carbonyl (C=O) groups is 2. The van der Waals surface area contributed by atoms with Gasteiger partial charge >= 0.3 is 0 Å². The number of thiol groups is 1. The van der Waals surface area contributed by atoms with Crippen molar-refractivity contribution in [2.75, 3.05) is 10.6 Å². The second kappa shape index (κ2) is 12.8. The number of amides is 2. The summed E-state index contributed by atoms with van der Waals surface area (Å²) in [6.07, 6.45) is 2.87. The first-order chi connectivity index (χ1) is 17.2. The van der Waals surface area contributed by atoms with Crippen molar-refractivity contribution in [2.24, 2.45) is 5.92 Å². The maximum absolute atomic E-state index is 13.1. The fourth-order valence-corrected chi connectivity index (χ4v) is 5.32. The average molecular weight is 567 g/mol. The predicted molar refractivity (Wildman–Crippen MR) is 149 cm³/mol. The highest BCUT2D eigenvalue weighted by atomic mass is 32.2. The maximum Gasteiger partial charge on any atom is 0.264 e. The van der Waals surface area contributed by atoms with E-state index in [9.17, 15) is 26.4 Å². The van der Waals surface area contributed by atoms with Gasteiger partial charge in [0.2, 0.25) is 11.8 Å². The smallest absolute Gasteiger partial charge is 0.264 e. The van der Waals surface area contributed by atoms with Gasteiger partial charge in [-0.2, -0.15) is 0 Å². The molecule has 0 radical (unpaired) electrons. The minimum atomic E-state index is -4.29. The van der Waals surface area contributed by atoms with Gasteiger partial charge in [0.05, 0.1) is 9.79 Å². The summed E-state index contributed by atoms with van der Waals surface area (Å²) in [7, 11) is -7.31. The summed E-state index contributed by atoms with van der Waals surface area (Å²) < 4.78 is 52.0. The van der Waals surface area contributed by atoms with Gasteiger partial charge in [0.25, 0.3) is 10.0 Å². The maximum atomic E-state index is 13.1. The van der Waals surface area contributed by atoms with Crippen molar-refractivity contribution < 1.29 is 26.4 Å². The Morgan fingerprint density at radius 3 is 2.03 bits per heavy atom. The molecule has 0 fully saturated rings. The van der Waals surface area contributed by atoms with Crippen LogP contribution >= 0.6 is 12.2 Å². The van der Waals surface area contributed by atoms with E-state index in [4.69, 9.17) is 12.2 Å². The van der Waals surface area contributed by atoms with Crippen LogP contribution < -0.4 is 20.7 Å². The number of nitrogens with one attached hydrogen (secondary N) is 4. The van der Waals surface area contributed by atoms with Crippen LogP contribution in [-0.2, 0) is 30.3 Å². The Morgan fingerprint density at radius 1 is 0.919 bits per heavy atom. The minimum Gasteiger partial charge on any atom is -0.360 e. The lowest BCUT2D eigenvalue weighted by molar-refractivity contribution is -0.122. The van der Waals surface area contributed by atoms with Gasteiger partial charge in [0, 0.05) is 30.3 Å². The number of benzene rings is 2. The Morgan fingerprint density at radius 2 is 1.49 bits per heavy atom. The monoisotopic (exact) mass is 566 g/mol. The van der Waals surface area contributed by atoms with Crippen molar-refractivity contribution in [3.63, 3.8) is 0 Å². The van der Waals surface area contributed by atoms with Crippen molar-refractivity contribution in [2.45, 2.75) is 50.5 Å². The van der Waals surface area contributed by atoms with Crippen molar-refractivity contribution >= 4 is 73.4 Å². The molecule has 0 saturated heterocycles. The molecule has 200 valence electrons. The van der Waals surface area contributed by atoms with Crippen LogP contribution in [-0.4, -0.2) is 39.8 Å². The van der Waals surface area contributed by atoms with Gasteiger partial charge in [-0.3, -0.25) is 9.59 Å². The third kappa shape index (κ3) is 8.95. The number of rotatable bonds is 9. The van der Waals surface area contributed by atoms with E-state index < -0.39 is 32.6 Å². The molecule has 0 aliphatic rings. The summed E-state index contributed by atoms with van der Waals surface area (Å²) in [4.78, 5) is 23.2. The topological polar surface area (TPSA) is 151 Å². The number of thiocarbonyl (C=S) groups is 1. The molecule has 2 rings (SSSR count). The van der Waals surface area contributed by atoms with Crippen LogP contribution in [0, 0.1) is 5.92 Å². The van der Waals surface area contributed by atoms with E-state index in [0.29, 0.717) is 11.4 Å². The van der Waals surface area contributed by atoms with E-state index in [1.807, 2.05) is 13.8 Å². The molecule has 0 aromatic heterocycles. The second-order valence-electron chi connectivity index (χ2n) is 8.68. The van der Waals surface area contributed by atoms with E-state index in [1.54, 1.807) is 19.9 Å². The van der Waals surface area contributed by atoms with Gasteiger partial charge in [-0.15, -0.1) is 0 Å². The zero-order chi connectivity index (χ0) is 27.9. The number of sulfonamides is 1. The second-order valence-corrected chi connectivity index (χ2v) is 11.7. The summed E-state index contributed by atoms with van der Waals surface area (Å²) >= 11 is 5.24. The summed E-state index contributed by atoms with van der Waals surface area (Å²) in [5, 5.41) is 8.71. The number of hydrogen-bond acceptors (Lipinski definition) is 7. The van der Waals surface area contributed by atoms with Crippen molar-refractivity contribution in [3.8, 4) is 0 Å². The van der Waals surface area contributed by atoms with E-state index in [2.05, 4.69) is 20.7 Å². The molecular formula is C24H30N4O6S3. The van der Waals surface area contributed by atoms with Gasteiger partial charge in [0.15, 0.2) is 15.8 Å². The van der Waals surface area contributed by atoms with Crippen LogP contribution in [0.4, 0.5) is 11.4 Å². The predicted octanol–water partition coefficient (Wildman–Crippen LogP) is 2.94. The average Bonchev–Trinajstić information content (AvgIpc) is 2.77. The third-order valence-corrected chi connectivity index (χ3v) is 7.13. The molecular weight excluding hydrogens is 536 g/mol. The molecule has 0 aliphatic heterocycles. The Labute approximate surface area is 223 Å². The summed E-state index contributed by atoms with van der Waals surface area (Å²) in [5.41, 5.74) is 1.16. The fourth-order valence-electron chi connectivity index (χ4n) is 3.02. The molecule has 10 nitrogen and oxygen atoms in total. The van der Waals surface area contributed by atoms with Gasteiger partial charge in [-0.25, -0.2) is 21.6 Å². The highest BCUT2D eigenvalue weighted by Gasteiger charge is 2.23. The Balaban J connectivity index is 2.56. The Bertz CT molecular complexity index is 1410. The molecule has 2 aromatic rings. The molecule has 13 heteroatoms. The highest BCUT2D eigenvalue weighted by Crippen LogP contribution is 2.25. The van der Waals surface area contributed by atoms with Gasteiger partial charge in [-0.1, -0.05) is 38.1 Å². The number of hydrogen-bond donors (Lipinski definition) is 5. The zero-order valence-electron chi connectivity index (χ0n) is 21.0. The quantitative estimate of drug-likeness (QED) is 0.175. The van der Waals surface area contributed by atoms with Crippen LogP contribution in [0.2, 0.25) is 0 Å². The molecule has 0 bridgehead atoms. The van der Waals surface area contributed by atoms with E-state index in [1.165, 1.54) is 49.4 Å². The van der Waals surface area contributed by atoms with Crippen LogP contribution in [0.1, 0.15) is 45.7 Å². The lowest BCUT2D eigenvalue weighted by atomic mass is 10.1. The van der Waals surface area contributed by atoms with E-state index in [0.717, 1.165) is 0 Å². The first-order valence-electron chi connectivity index (χ1n) is 11.2. The molecule has 2 aromatic carbocycles. The van der Waals surface area contributed by atoms with Gasteiger partial charge in [-0.05, 0) is 61.5 Å². The van der Waals surface area contributed by atoms with Crippen LogP contribution in [0.3, 0.4) is 0 Å². The third-order valence-electron chi connectivity index (χ3n) is 4.73. The lowest BCUT2D eigenvalue weighted by Crippen LogP contribution is -2.35. The minimum absolute atomic E-state index is 0.0504. The highest BCUT2D eigenvalue weighted by molar-refractivity contribution is 7.90. The van der Waals surface area contributed by atoms with Gasteiger partial charge in [0.1, 0.15) is 0 Å². The largest absolute Gasteiger partial charge is 0.360 e. The zero-order valence-corrected chi connectivity index (χ0v) is 23.5. The number of carbonyl (C=O) groups excluding carboxylic acids is 2. The molecule has 0 saturated carbocycles. The summed E-state index contributed by atoms with van der Waals surface area (Å²) in [6.45, 7) is 8.22. The molecule has 0 aliphatic carbocycles. The van der Waals surface area contributed by atoms with Crippen molar-refractivity contribution in [1.29, 1.82) is 0 Å². The summed E-state index contributed by atoms with van der Waals surface area (Å²) in [5.74, 6) is -1.61. The first-order valence-corrected chi connectivity index (χ1v) is 14.3. The standard InChI is InChI=1S/C24H30N4O6S3/c1-14(2)23(30)28-37(33,34)22-13-20(27-24(35)25-15(3)4)11-9-18(22)7-6-17-8-10-19(26-16(5)29)12-21(17)36(31)32/h6-15,36H,1-5H3,(H,26,29)(H,28,30)(H2,25,27,35)/b7-6+. The molecule has 0 atom stereocenters. The molecule has 0 unspecified atom stereocenters. The fraction of sp³-hybridized carbons (Fsp3) is 0.292. The van der Waals surface area contributed by atoms with Crippen molar-refractivity contribution in [3.05, 3.63) is 47.5 Å². The summed E-state index contributed by atoms with van der Waals surface area (Å²) in [6, 6.07) is 8.82. The van der Waals surface area contributed by atoms with E-state index >= 15 is 0 Å². The molecule has 4 N–H and O–H groups in total. The van der Waals surface area contributed by atoms with E-state index in [-0.39, 0.29) is 38.0 Å². The molecule has 37 heavy (non-hydrogen) atoms. The SMILES string of the molecule is CC(=O)Nc1ccc(/C=C/c2ccc(NC(=S)NC(C)C)cc2S(=O)(=O)NC(=O)C(C)C)c([SH](=O)=O)c1. The molecule has 0 heterocycles. The van der Waals surface area contributed by atoms with Crippen molar-refractivity contribution in [1.82, 2.24) is 10.0 Å². The van der Waals surface area contributed by atoms with Crippen LogP contribution in [0.25, 0.3) is 12.2 Å². The Hall–Kier alpha value is -3.29. The Kier molecular flexibility index (Phi) is 10.3. The molecule has 2 amide bonds. The normalized spacial score (nSPS) is 11.7. The first kappa shape index (κ1) is 29.9. The van der Waals surface area contributed by atoms with Gasteiger partial charge < -0.3 is 16.0 Å². The molecule has 0 spiro atoms. The lowest BCUT2D eigenvalue weighted by Gasteiger charge is -2.16. The van der Waals surface area contributed by atoms with Crippen LogP contribution in [0.5, 0.6) is 0 Å². The number of anilines is 2. The van der Waals surface area contributed by atoms with Crippen LogP contribution in [0.15, 0.2) is 46.2 Å².